The van der Waals surface area contributed by atoms with Gasteiger partial charge in [-0.25, -0.2) is 0 Å². The van der Waals surface area contributed by atoms with Gasteiger partial charge >= 0.3 is 0 Å². The molecule has 1 aromatic carbocycles. The second-order valence-corrected chi connectivity index (χ2v) is 6.87. The van der Waals surface area contributed by atoms with Crippen LogP contribution in [-0.4, -0.2) is 43.7 Å². The van der Waals surface area contributed by atoms with E-state index in [-0.39, 0.29) is 11.3 Å². The van der Waals surface area contributed by atoms with Gasteiger partial charge in [0.2, 0.25) is 0 Å². The molecule has 1 fully saturated rings. The smallest absolute Gasteiger partial charge is 0.252 e. The van der Waals surface area contributed by atoms with Crippen molar-refractivity contribution in [3.05, 3.63) is 42.0 Å². The summed E-state index contributed by atoms with van der Waals surface area (Å²) in [5.41, 5.74) is 8.63. The van der Waals surface area contributed by atoms with E-state index < -0.39 is 0 Å². The number of amides is 1. The molecule has 1 saturated heterocycles. The number of morpholine rings is 1. The lowest BCUT2D eigenvalue weighted by Crippen LogP contribution is -2.46. The minimum absolute atomic E-state index is 0.0700. The van der Waals surface area contributed by atoms with Crippen molar-refractivity contribution in [1.29, 1.82) is 0 Å². The molecule has 0 saturated carbocycles. The SMILES string of the molecule is C=C(NNC(=O)CN1CCOCC1)c1ccc(C(C)(C)C)cc1. The number of hydrogen-bond donors (Lipinski definition) is 2. The Hall–Kier alpha value is -1.85. The van der Waals surface area contributed by atoms with Crippen molar-refractivity contribution in [2.75, 3.05) is 32.8 Å². The molecule has 0 spiro atoms. The number of carbonyl (C=O) groups excluding carboxylic acids is 1. The van der Waals surface area contributed by atoms with Crippen LogP contribution in [0, 0.1) is 0 Å². The first kappa shape index (κ1) is 17.5. The predicted molar refractivity (Wildman–Crippen MR) is 92.7 cm³/mol. The lowest BCUT2D eigenvalue weighted by Gasteiger charge is -2.26. The Balaban J connectivity index is 1.81. The van der Waals surface area contributed by atoms with Crippen molar-refractivity contribution in [1.82, 2.24) is 15.8 Å². The van der Waals surface area contributed by atoms with E-state index in [1.807, 2.05) is 12.1 Å². The van der Waals surface area contributed by atoms with Crippen molar-refractivity contribution < 1.29 is 9.53 Å². The number of nitrogens with one attached hydrogen (secondary N) is 2. The highest BCUT2D eigenvalue weighted by atomic mass is 16.5. The molecule has 0 unspecified atom stereocenters. The third kappa shape index (κ3) is 5.37. The zero-order valence-corrected chi connectivity index (χ0v) is 14.3. The second kappa shape index (κ2) is 7.62. The number of hydrogen-bond acceptors (Lipinski definition) is 4. The van der Waals surface area contributed by atoms with Crippen LogP contribution in [0.1, 0.15) is 31.9 Å². The summed E-state index contributed by atoms with van der Waals surface area (Å²) in [6, 6.07) is 8.23. The highest BCUT2D eigenvalue weighted by Crippen LogP contribution is 2.23. The fourth-order valence-corrected chi connectivity index (χ4v) is 2.39. The Morgan fingerprint density at radius 2 is 1.78 bits per heavy atom. The van der Waals surface area contributed by atoms with Gasteiger partial charge in [0.25, 0.3) is 5.91 Å². The Morgan fingerprint density at radius 1 is 1.17 bits per heavy atom. The van der Waals surface area contributed by atoms with Crippen LogP contribution in [0.5, 0.6) is 0 Å². The van der Waals surface area contributed by atoms with Crippen LogP contribution in [0.2, 0.25) is 0 Å². The van der Waals surface area contributed by atoms with Crippen LogP contribution in [-0.2, 0) is 14.9 Å². The average molecular weight is 317 g/mol. The fourth-order valence-electron chi connectivity index (χ4n) is 2.39. The summed E-state index contributed by atoms with van der Waals surface area (Å²) in [6.45, 7) is 13.9. The molecule has 1 aliphatic heterocycles. The van der Waals surface area contributed by atoms with Crippen LogP contribution in [0.4, 0.5) is 0 Å². The number of nitrogens with zero attached hydrogens (tertiary/aromatic N) is 1. The van der Waals surface area contributed by atoms with E-state index >= 15 is 0 Å². The lowest BCUT2D eigenvalue weighted by molar-refractivity contribution is -0.123. The van der Waals surface area contributed by atoms with Crippen LogP contribution in [0.25, 0.3) is 5.70 Å². The molecule has 1 heterocycles. The van der Waals surface area contributed by atoms with Gasteiger partial charge in [0.15, 0.2) is 0 Å². The van der Waals surface area contributed by atoms with Gasteiger partial charge in [-0.15, -0.1) is 0 Å². The highest BCUT2D eigenvalue weighted by Gasteiger charge is 2.15. The van der Waals surface area contributed by atoms with E-state index in [1.165, 1.54) is 5.56 Å². The third-order valence-corrected chi connectivity index (χ3v) is 3.92. The molecule has 2 N–H and O–H groups in total. The predicted octanol–water partition coefficient (Wildman–Crippen LogP) is 1.91. The first-order valence-electron chi connectivity index (χ1n) is 8.01. The van der Waals surface area contributed by atoms with E-state index in [1.54, 1.807) is 0 Å². The Labute approximate surface area is 138 Å². The van der Waals surface area contributed by atoms with Gasteiger partial charge < -0.3 is 4.74 Å². The van der Waals surface area contributed by atoms with Crippen molar-refractivity contribution in [3.8, 4) is 0 Å². The van der Waals surface area contributed by atoms with Gasteiger partial charge in [0.1, 0.15) is 0 Å². The zero-order chi connectivity index (χ0) is 16.9. The molecule has 0 radical (unpaired) electrons. The van der Waals surface area contributed by atoms with Gasteiger partial charge in [0, 0.05) is 13.1 Å². The maximum Gasteiger partial charge on any atom is 0.252 e. The van der Waals surface area contributed by atoms with E-state index in [0.29, 0.717) is 25.5 Å². The Bertz CT molecular complexity index is 540. The molecule has 5 nitrogen and oxygen atoms in total. The van der Waals surface area contributed by atoms with Crippen LogP contribution in [0.15, 0.2) is 30.8 Å². The second-order valence-electron chi connectivity index (χ2n) is 6.87. The summed E-state index contributed by atoms with van der Waals surface area (Å²) in [6.07, 6.45) is 0. The van der Waals surface area contributed by atoms with Crippen LogP contribution < -0.4 is 10.9 Å². The van der Waals surface area contributed by atoms with Gasteiger partial charge in [0.05, 0.1) is 25.5 Å². The molecule has 5 heteroatoms. The molecule has 0 atom stereocenters. The van der Waals surface area contributed by atoms with Crippen LogP contribution in [0.3, 0.4) is 0 Å². The Kier molecular flexibility index (Phi) is 5.80. The van der Waals surface area contributed by atoms with Gasteiger partial charge in [-0.2, -0.15) is 0 Å². The number of hydrazine groups is 1. The molecule has 1 aliphatic rings. The molecule has 0 aromatic heterocycles. The molecule has 0 aliphatic carbocycles. The number of rotatable bonds is 5. The monoisotopic (exact) mass is 317 g/mol. The molecule has 126 valence electrons. The molecule has 2 rings (SSSR count). The molecule has 1 amide bonds. The molecular formula is C18H27N3O2. The minimum Gasteiger partial charge on any atom is -0.379 e. The summed E-state index contributed by atoms with van der Waals surface area (Å²) in [5.74, 6) is -0.0700. The first-order valence-corrected chi connectivity index (χ1v) is 8.01. The van der Waals surface area contributed by atoms with Gasteiger partial charge in [-0.3, -0.25) is 20.5 Å². The summed E-state index contributed by atoms with van der Waals surface area (Å²) in [5, 5.41) is 0. The topological polar surface area (TPSA) is 53.6 Å². The van der Waals surface area contributed by atoms with Crippen molar-refractivity contribution in [2.24, 2.45) is 0 Å². The first-order chi connectivity index (χ1) is 10.9. The third-order valence-electron chi connectivity index (χ3n) is 3.92. The average Bonchev–Trinajstić information content (AvgIpc) is 2.53. The number of carbonyl (C=O) groups is 1. The summed E-state index contributed by atoms with van der Waals surface area (Å²) >= 11 is 0. The standard InChI is InChI=1S/C18H27N3O2/c1-14(15-5-7-16(8-6-15)18(2,3)4)19-20-17(22)13-21-9-11-23-12-10-21/h5-8,19H,1,9-13H2,2-4H3,(H,20,22). The molecular weight excluding hydrogens is 290 g/mol. The zero-order valence-electron chi connectivity index (χ0n) is 14.3. The van der Waals surface area contributed by atoms with E-state index in [2.05, 4.69) is 55.2 Å². The maximum atomic E-state index is 11.9. The maximum absolute atomic E-state index is 11.9. The van der Waals surface area contributed by atoms with E-state index in [9.17, 15) is 4.79 Å². The van der Waals surface area contributed by atoms with Crippen molar-refractivity contribution >= 4 is 11.6 Å². The van der Waals surface area contributed by atoms with Gasteiger partial charge in [-0.1, -0.05) is 51.6 Å². The van der Waals surface area contributed by atoms with Crippen molar-refractivity contribution in [3.63, 3.8) is 0 Å². The van der Waals surface area contributed by atoms with E-state index in [4.69, 9.17) is 4.74 Å². The molecule has 23 heavy (non-hydrogen) atoms. The molecule has 1 aromatic rings. The normalized spacial score (nSPS) is 16.0. The van der Waals surface area contributed by atoms with E-state index in [0.717, 1.165) is 18.7 Å². The number of ether oxygens (including phenoxy) is 1. The summed E-state index contributed by atoms with van der Waals surface area (Å²) < 4.78 is 5.27. The van der Waals surface area contributed by atoms with Gasteiger partial charge in [-0.05, 0) is 16.5 Å². The van der Waals surface area contributed by atoms with Crippen molar-refractivity contribution in [2.45, 2.75) is 26.2 Å². The highest BCUT2D eigenvalue weighted by molar-refractivity contribution is 5.79. The Morgan fingerprint density at radius 3 is 2.35 bits per heavy atom. The van der Waals surface area contributed by atoms with Crippen LogP contribution >= 0.6 is 0 Å². The minimum atomic E-state index is -0.0700. The fraction of sp³-hybridized carbons (Fsp3) is 0.500. The summed E-state index contributed by atoms with van der Waals surface area (Å²) in [7, 11) is 0. The largest absolute Gasteiger partial charge is 0.379 e. The lowest BCUT2D eigenvalue weighted by atomic mass is 9.86. The quantitative estimate of drug-likeness (QED) is 0.815. The summed E-state index contributed by atoms with van der Waals surface area (Å²) in [4.78, 5) is 14.0. The molecule has 0 bridgehead atoms. The number of benzene rings is 1.